The number of carbonyl (C=O) groups excluding carboxylic acids is 2. The first kappa shape index (κ1) is 20.0. The third kappa shape index (κ3) is 4.24. The highest BCUT2D eigenvalue weighted by Crippen LogP contribution is 2.17. The van der Waals surface area contributed by atoms with Crippen LogP contribution < -0.4 is 10.9 Å². The van der Waals surface area contributed by atoms with Crippen LogP contribution in [0, 0.1) is 6.92 Å². The van der Waals surface area contributed by atoms with Gasteiger partial charge < -0.3 is 14.6 Å². The first-order valence-corrected chi connectivity index (χ1v) is 9.03. The Kier molecular flexibility index (Phi) is 5.87. The number of amides is 1. The van der Waals surface area contributed by atoms with E-state index in [1.807, 2.05) is 37.3 Å². The van der Waals surface area contributed by atoms with Gasteiger partial charge in [-0.05, 0) is 37.1 Å². The minimum atomic E-state index is -0.566. The van der Waals surface area contributed by atoms with Crippen molar-refractivity contribution in [1.82, 2.24) is 9.55 Å². The van der Waals surface area contributed by atoms with Crippen LogP contribution >= 0.6 is 0 Å². The SMILES string of the molecule is COC(=O)c1cncc(NC(=O)c2c(C)ccn(C(C)c3ccccc3)c2=O)c1. The van der Waals surface area contributed by atoms with Gasteiger partial charge in [-0.15, -0.1) is 0 Å². The van der Waals surface area contributed by atoms with Crippen molar-refractivity contribution in [3.8, 4) is 0 Å². The number of aryl methyl sites for hydroxylation is 1. The van der Waals surface area contributed by atoms with Crippen molar-refractivity contribution < 1.29 is 14.3 Å². The molecule has 0 saturated carbocycles. The second-order valence-electron chi connectivity index (χ2n) is 6.58. The molecule has 2 heterocycles. The first-order valence-electron chi connectivity index (χ1n) is 9.03. The van der Waals surface area contributed by atoms with E-state index in [1.54, 1.807) is 19.2 Å². The van der Waals surface area contributed by atoms with Gasteiger partial charge in [-0.2, -0.15) is 0 Å². The van der Waals surface area contributed by atoms with Gasteiger partial charge in [-0.25, -0.2) is 4.79 Å². The van der Waals surface area contributed by atoms with E-state index in [2.05, 4.69) is 15.0 Å². The number of aromatic nitrogens is 2. The van der Waals surface area contributed by atoms with E-state index >= 15 is 0 Å². The number of benzene rings is 1. The van der Waals surface area contributed by atoms with Gasteiger partial charge in [0.2, 0.25) is 0 Å². The number of esters is 1. The van der Waals surface area contributed by atoms with Crippen molar-refractivity contribution in [2.24, 2.45) is 0 Å². The molecule has 3 aromatic rings. The van der Waals surface area contributed by atoms with Gasteiger partial charge in [0, 0.05) is 12.4 Å². The maximum Gasteiger partial charge on any atom is 0.339 e. The standard InChI is InChI=1S/C22H21N3O4/c1-14-9-10-25(15(2)16-7-5-4-6-8-16)21(27)19(14)20(26)24-18-11-17(12-23-13-18)22(28)29-3/h4-13,15H,1-3H3,(H,24,26). The highest BCUT2D eigenvalue weighted by Gasteiger charge is 2.19. The highest BCUT2D eigenvalue weighted by molar-refractivity contribution is 6.05. The molecule has 7 heteroatoms. The molecule has 0 fully saturated rings. The molecule has 1 aromatic carbocycles. The predicted octanol–water partition coefficient (Wildman–Crippen LogP) is 3.20. The number of pyridine rings is 2. The molecule has 0 aliphatic rings. The Hall–Kier alpha value is -3.74. The van der Waals surface area contributed by atoms with Crippen molar-refractivity contribution in [3.63, 3.8) is 0 Å². The quantitative estimate of drug-likeness (QED) is 0.675. The molecule has 0 radical (unpaired) electrons. The smallest absolute Gasteiger partial charge is 0.339 e. The van der Waals surface area contributed by atoms with Crippen LogP contribution in [0.3, 0.4) is 0 Å². The number of hydrogen-bond acceptors (Lipinski definition) is 5. The average Bonchev–Trinajstić information content (AvgIpc) is 2.73. The molecule has 0 aliphatic carbocycles. The molecule has 2 aromatic heterocycles. The number of methoxy groups -OCH3 is 1. The summed E-state index contributed by atoms with van der Waals surface area (Å²) in [5.74, 6) is -1.13. The second-order valence-corrected chi connectivity index (χ2v) is 6.58. The summed E-state index contributed by atoms with van der Waals surface area (Å²) in [6.07, 6.45) is 4.42. The van der Waals surface area contributed by atoms with Crippen molar-refractivity contribution in [3.05, 3.63) is 93.7 Å². The Morgan fingerprint density at radius 2 is 1.86 bits per heavy atom. The molecule has 0 aliphatic heterocycles. The Labute approximate surface area is 168 Å². The predicted molar refractivity (Wildman–Crippen MR) is 109 cm³/mol. The Balaban J connectivity index is 1.94. The zero-order chi connectivity index (χ0) is 21.0. The summed E-state index contributed by atoms with van der Waals surface area (Å²) in [4.78, 5) is 41.5. The van der Waals surface area contributed by atoms with E-state index in [-0.39, 0.29) is 17.2 Å². The van der Waals surface area contributed by atoms with Crippen LogP contribution in [0.15, 0.2) is 65.8 Å². The molecule has 0 spiro atoms. The minimum absolute atomic E-state index is 0.0405. The molecule has 0 bridgehead atoms. The van der Waals surface area contributed by atoms with E-state index < -0.39 is 17.4 Å². The first-order chi connectivity index (χ1) is 13.9. The number of nitrogens with one attached hydrogen (secondary N) is 1. The van der Waals surface area contributed by atoms with Crippen molar-refractivity contribution in [2.75, 3.05) is 12.4 Å². The number of rotatable bonds is 5. The molecule has 1 unspecified atom stereocenters. The maximum atomic E-state index is 13.1. The normalized spacial score (nSPS) is 11.6. The second kappa shape index (κ2) is 8.52. The molecule has 1 N–H and O–H groups in total. The van der Waals surface area contributed by atoms with E-state index in [1.165, 1.54) is 30.1 Å². The number of nitrogens with zero attached hydrogens (tertiary/aromatic N) is 2. The lowest BCUT2D eigenvalue weighted by Gasteiger charge is -2.17. The summed E-state index contributed by atoms with van der Waals surface area (Å²) in [5.41, 5.74) is 1.66. The summed E-state index contributed by atoms with van der Waals surface area (Å²) in [6.45, 7) is 3.61. The average molecular weight is 391 g/mol. The Bertz CT molecular complexity index is 1110. The number of carbonyl (C=O) groups is 2. The maximum absolute atomic E-state index is 13.1. The van der Waals surface area contributed by atoms with Gasteiger partial charge in [0.25, 0.3) is 11.5 Å². The summed E-state index contributed by atoms with van der Waals surface area (Å²) in [7, 11) is 1.26. The van der Waals surface area contributed by atoms with Gasteiger partial charge in [-0.1, -0.05) is 30.3 Å². The van der Waals surface area contributed by atoms with Crippen LogP contribution in [0.1, 0.15) is 44.8 Å². The van der Waals surface area contributed by atoms with Gasteiger partial charge in [-0.3, -0.25) is 14.6 Å². The summed E-state index contributed by atoms with van der Waals surface area (Å²) >= 11 is 0. The zero-order valence-corrected chi connectivity index (χ0v) is 16.4. The summed E-state index contributed by atoms with van der Waals surface area (Å²) in [5, 5.41) is 2.64. The Morgan fingerprint density at radius 3 is 2.55 bits per heavy atom. The molecule has 1 amide bonds. The van der Waals surface area contributed by atoms with Crippen LogP contribution in [0.5, 0.6) is 0 Å². The van der Waals surface area contributed by atoms with Crippen LogP contribution in [0.2, 0.25) is 0 Å². The third-order valence-electron chi connectivity index (χ3n) is 4.67. The molecule has 29 heavy (non-hydrogen) atoms. The van der Waals surface area contributed by atoms with Crippen molar-refractivity contribution in [2.45, 2.75) is 19.9 Å². The molecule has 148 valence electrons. The molecule has 3 rings (SSSR count). The van der Waals surface area contributed by atoms with Gasteiger partial charge >= 0.3 is 5.97 Å². The van der Waals surface area contributed by atoms with Crippen LogP contribution in [0.25, 0.3) is 0 Å². The van der Waals surface area contributed by atoms with Gasteiger partial charge in [0.15, 0.2) is 0 Å². The largest absolute Gasteiger partial charge is 0.465 e. The fourth-order valence-electron chi connectivity index (χ4n) is 3.05. The van der Waals surface area contributed by atoms with Crippen LogP contribution in [0.4, 0.5) is 5.69 Å². The van der Waals surface area contributed by atoms with Gasteiger partial charge in [0.05, 0.1) is 30.6 Å². The van der Waals surface area contributed by atoms with Crippen LogP contribution in [-0.2, 0) is 4.74 Å². The molecular formula is C22H21N3O4. The molecule has 1 atom stereocenters. The zero-order valence-electron chi connectivity index (χ0n) is 16.4. The van der Waals surface area contributed by atoms with E-state index in [0.29, 0.717) is 11.3 Å². The minimum Gasteiger partial charge on any atom is -0.465 e. The van der Waals surface area contributed by atoms with Crippen LogP contribution in [-0.4, -0.2) is 28.5 Å². The lowest BCUT2D eigenvalue weighted by atomic mass is 10.1. The number of anilines is 1. The monoisotopic (exact) mass is 391 g/mol. The fraction of sp³-hybridized carbons (Fsp3) is 0.182. The van der Waals surface area contributed by atoms with Gasteiger partial charge in [0.1, 0.15) is 5.56 Å². The third-order valence-corrected chi connectivity index (χ3v) is 4.67. The molecular weight excluding hydrogens is 370 g/mol. The lowest BCUT2D eigenvalue weighted by molar-refractivity contribution is 0.0600. The number of ether oxygens (including phenoxy) is 1. The summed E-state index contributed by atoms with van der Waals surface area (Å²) in [6, 6.07) is 12.5. The lowest BCUT2D eigenvalue weighted by Crippen LogP contribution is -2.32. The Morgan fingerprint density at radius 1 is 1.14 bits per heavy atom. The summed E-state index contributed by atoms with van der Waals surface area (Å²) < 4.78 is 6.19. The van der Waals surface area contributed by atoms with E-state index in [0.717, 1.165) is 5.56 Å². The van der Waals surface area contributed by atoms with E-state index in [4.69, 9.17) is 0 Å². The fourth-order valence-corrected chi connectivity index (χ4v) is 3.05. The van der Waals surface area contributed by atoms with E-state index in [9.17, 15) is 14.4 Å². The number of hydrogen-bond donors (Lipinski definition) is 1. The molecule has 0 saturated heterocycles. The van der Waals surface area contributed by atoms with Crippen molar-refractivity contribution in [1.29, 1.82) is 0 Å². The topological polar surface area (TPSA) is 90.3 Å². The van der Waals surface area contributed by atoms with Crippen molar-refractivity contribution >= 4 is 17.6 Å². The highest BCUT2D eigenvalue weighted by atomic mass is 16.5. The molecule has 7 nitrogen and oxygen atoms in total.